The lowest BCUT2D eigenvalue weighted by Gasteiger charge is -2.15. The third-order valence-corrected chi connectivity index (χ3v) is 3.58. The van der Waals surface area contributed by atoms with Crippen molar-refractivity contribution in [1.82, 2.24) is 0 Å². The number of Topliss-reactive ketones (excluding diaryl/α,β-unsaturated/α-hetero) is 1. The van der Waals surface area contributed by atoms with Crippen LogP contribution in [-0.2, 0) is 23.9 Å². The first-order valence-electron chi connectivity index (χ1n) is 6.67. The summed E-state index contributed by atoms with van der Waals surface area (Å²) < 4.78 is 9.80. The summed E-state index contributed by atoms with van der Waals surface area (Å²) in [6.07, 6.45) is 5.85. The Morgan fingerprint density at radius 3 is 2.68 bits per heavy atom. The van der Waals surface area contributed by atoms with E-state index in [0.29, 0.717) is 13.0 Å². The molecular formula is C14H18O5. The Balaban J connectivity index is 1.72. The van der Waals surface area contributed by atoms with E-state index in [1.165, 1.54) is 0 Å². The van der Waals surface area contributed by atoms with Crippen molar-refractivity contribution >= 4 is 17.7 Å². The fourth-order valence-corrected chi connectivity index (χ4v) is 2.49. The maximum Gasteiger partial charge on any atom is 0.344 e. The highest BCUT2D eigenvalue weighted by molar-refractivity contribution is 5.97. The van der Waals surface area contributed by atoms with Crippen molar-refractivity contribution in [2.24, 2.45) is 17.8 Å². The van der Waals surface area contributed by atoms with E-state index in [9.17, 15) is 14.4 Å². The van der Waals surface area contributed by atoms with Crippen LogP contribution in [0.4, 0.5) is 0 Å². The van der Waals surface area contributed by atoms with Crippen LogP contribution in [0, 0.1) is 17.8 Å². The number of hydrogen-bond acceptors (Lipinski definition) is 5. The molecule has 2 rings (SSSR count). The third-order valence-electron chi connectivity index (χ3n) is 3.58. The number of carbonyl (C=O) groups is 3. The lowest BCUT2D eigenvalue weighted by Crippen LogP contribution is -2.26. The molecule has 0 radical (unpaired) electrons. The van der Waals surface area contributed by atoms with E-state index in [0.717, 1.165) is 12.8 Å². The Bertz CT molecular complexity index is 412. The third kappa shape index (κ3) is 3.03. The molecule has 0 N–H and O–H groups in total. The maximum absolute atomic E-state index is 11.8. The standard InChI is InChI=1S/C14H18O5/c1-2-3-6-18-12(15)8-19-14(17)11-7-9-4-5-10(11)13(9)16/h4-5,9-11H,2-3,6-8H2,1H3. The van der Waals surface area contributed by atoms with Crippen LogP contribution in [0.2, 0.25) is 0 Å². The van der Waals surface area contributed by atoms with E-state index in [2.05, 4.69) is 0 Å². The molecule has 3 unspecified atom stereocenters. The number of ether oxygens (including phenoxy) is 2. The Hall–Kier alpha value is -1.65. The van der Waals surface area contributed by atoms with Crippen molar-refractivity contribution in [1.29, 1.82) is 0 Å². The molecule has 0 aromatic carbocycles. The molecule has 2 aliphatic carbocycles. The molecule has 2 aliphatic rings. The van der Waals surface area contributed by atoms with Crippen LogP contribution in [0.1, 0.15) is 26.2 Å². The number of carbonyl (C=O) groups excluding carboxylic acids is 3. The maximum atomic E-state index is 11.8. The van der Waals surface area contributed by atoms with Gasteiger partial charge in [-0.15, -0.1) is 0 Å². The van der Waals surface area contributed by atoms with Crippen LogP contribution in [0.5, 0.6) is 0 Å². The Labute approximate surface area is 111 Å². The highest BCUT2D eigenvalue weighted by Gasteiger charge is 2.47. The van der Waals surface area contributed by atoms with Gasteiger partial charge in [0, 0.05) is 11.8 Å². The predicted molar refractivity (Wildman–Crippen MR) is 66.1 cm³/mol. The van der Waals surface area contributed by atoms with Crippen LogP contribution < -0.4 is 0 Å². The summed E-state index contributed by atoms with van der Waals surface area (Å²) in [6, 6.07) is 0. The Kier molecular flexibility index (Phi) is 4.35. The first-order chi connectivity index (χ1) is 9.13. The van der Waals surface area contributed by atoms with Gasteiger partial charge in [0.15, 0.2) is 6.61 Å². The average molecular weight is 266 g/mol. The molecule has 5 nitrogen and oxygen atoms in total. The quantitative estimate of drug-likeness (QED) is 0.411. The summed E-state index contributed by atoms with van der Waals surface area (Å²) in [6.45, 7) is 1.98. The lowest BCUT2D eigenvalue weighted by molar-refractivity contribution is -0.162. The minimum atomic E-state index is -0.535. The van der Waals surface area contributed by atoms with Crippen molar-refractivity contribution in [2.75, 3.05) is 13.2 Å². The van der Waals surface area contributed by atoms with E-state index >= 15 is 0 Å². The van der Waals surface area contributed by atoms with E-state index in [1.807, 2.05) is 13.0 Å². The molecule has 19 heavy (non-hydrogen) atoms. The number of hydrogen-bond donors (Lipinski definition) is 0. The van der Waals surface area contributed by atoms with Gasteiger partial charge in [-0.25, -0.2) is 4.79 Å². The topological polar surface area (TPSA) is 69.7 Å². The number of ketones is 1. The van der Waals surface area contributed by atoms with Crippen LogP contribution in [0.25, 0.3) is 0 Å². The van der Waals surface area contributed by atoms with Gasteiger partial charge in [-0.3, -0.25) is 9.59 Å². The van der Waals surface area contributed by atoms with Crippen LogP contribution in [0.15, 0.2) is 12.2 Å². The van der Waals surface area contributed by atoms with Crippen molar-refractivity contribution in [2.45, 2.75) is 26.2 Å². The second kappa shape index (κ2) is 5.99. The van der Waals surface area contributed by atoms with Crippen molar-refractivity contribution in [3.63, 3.8) is 0 Å². The average Bonchev–Trinajstić information content (AvgIpc) is 2.92. The molecule has 1 saturated carbocycles. The molecule has 0 spiro atoms. The van der Waals surface area contributed by atoms with Gasteiger partial charge in [0.2, 0.25) is 0 Å². The molecule has 5 heteroatoms. The van der Waals surface area contributed by atoms with E-state index in [4.69, 9.17) is 9.47 Å². The summed E-state index contributed by atoms with van der Waals surface area (Å²) in [5, 5.41) is 0. The smallest absolute Gasteiger partial charge is 0.344 e. The predicted octanol–water partition coefficient (Wildman–Crippen LogP) is 1.26. The first kappa shape index (κ1) is 13.8. The Morgan fingerprint density at radius 1 is 1.32 bits per heavy atom. The van der Waals surface area contributed by atoms with Crippen LogP contribution in [-0.4, -0.2) is 30.9 Å². The van der Waals surface area contributed by atoms with Gasteiger partial charge < -0.3 is 9.47 Å². The molecule has 1 fully saturated rings. The minimum absolute atomic E-state index is 0.0903. The number of fused-ring (bicyclic) bond motifs is 2. The molecule has 2 bridgehead atoms. The number of unbranched alkanes of at least 4 members (excludes halogenated alkanes) is 1. The minimum Gasteiger partial charge on any atom is -0.463 e. The highest BCUT2D eigenvalue weighted by Crippen LogP contribution is 2.41. The largest absolute Gasteiger partial charge is 0.463 e. The SMILES string of the molecule is CCCCOC(=O)COC(=O)C1CC2C=CC1C2=O. The van der Waals surface area contributed by atoms with Crippen molar-refractivity contribution in [3.05, 3.63) is 12.2 Å². The molecule has 104 valence electrons. The molecular weight excluding hydrogens is 248 g/mol. The monoisotopic (exact) mass is 266 g/mol. The molecule has 0 aliphatic heterocycles. The fourth-order valence-electron chi connectivity index (χ4n) is 2.49. The van der Waals surface area contributed by atoms with E-state index < -0.39 is 17.9 Å². The Morgan fingerprint density at radius 2 is 2.11 bits per heavy atom. The van der Waals surface area contributed by atoms with Gasteiger partial charge in [-0.05, 0) is 12.8 Å². The van der Waals surface area contributed by atoms with Gasteiger partial charge in [0.1, 0.15) is 5.78 Å². The molecule has 3 atom stereocenters. The molecule has 0 aromatic heterocycles. The van der Waals surface area contributed by atoms with Crippen molar-refractivity contribution in [3.8, 4) is 0 Å². The van der Waals surface area contributed by atoms with Crippen LogP contribution in [0.3, 0.4) is 0 Å². The summed E-state index contributed by atoms with van der Waals surface area (Å²) in [7, 11) is 0. The zero-order valence-corrected chi connectivity index (χ0v) is 11.0. The van der Waals surface area contributed by atoms with Crippen molar-refractivity contribution < 1.29 is 23.9 Å². The van der Waals surface area contributed by atoms with Gasteiger partial charge in [0.25, 0.3) is 0 Å². The fraction of sp³-hybridized carbons (Fsp3) is 0.643. The molecule has 0 saturated heterocycles. The number of esters is 2. The number of rotatable bonds is 6. The van der Waals surface area contributed by atoms with Gasteiger partial charge in [-0.1, -0.05) is 25.5 Å². The van der Waals surface area contributed by atoms with Gasteiger partial charge in [0.05, 0.1) is 12.5 Å². The van der Waals surface area contributed by atoms with E-state index in [1.54, 1.807) is 6.08 Å². The summed E-state index contributed by atoms with van der Waals surface area (Å²) in [5.41, 5.74) is 0. The summed E-state index contributed by atoms with van der Waals surface area (Å²) in [5.74, 6) is -1.84. The lowest BCUT2D eigenvalue weighted by atomic mass is 9.94. The number of allylic oxidation sites excluding steroid dienone is 2. The molecule has 0 aromatic rings. The van der Waals surface area contributed by atoms with Gasteiger partial charge in [-0.2, -0.15) is 0 Å². The normalized spacial score (nSPS) is 27.6. The highest BCUT2D eigenvalue weighted by atomic mass is 16.6. The van der Waals surface area contributed by atoms with Gasteiger partial charge >= 0.3 is 11.9 Å². The molecule has 0 amide bonds. The summed E-state index contributed by atoms with van der Waals surface area (Å²) >= 11 is 0. The van der Waals surface area contributed by atoms with E-state index in [-0.39, 0.29) is 24.2 Å². The zero-order valence-electron chi connectivity index (χ0n) is 11.0. The second-order valence-electron chi connectivity index (χ2n) is 4.94. The second-order valence-corrected chi connectivity index (χ2v) is 4.94. The van der Waals surface area contributed by atoms with Crippen LogP contribution >= 0.6 is 0 Å². The zero-order chi connectivity index (χ0) is 13.8. The summed E-state index contributed by atoms with van der Waals surface area (Å²) in [4.78, 5) is 34.7. The molecule has 0 heterocycles. The first-order valence-corrected chi connectivity index (χ1v) is 6.67.